The predicted octanol–water partition coefficient (Wildman–Crippen LogP) is 1.28. The van der Waals surface area contributed by atoms with Crippen LogP contribution in [0.25, 0.3) is 22.4 Å². The summed E-state index contributed by atoms with van der Waals surface area (Å²) in [6.07, 6.45) is 3.22. The maximum atomic E-state index is 10.3. The lowest BCUT2D eigenvalue weighted by molar-refractivity contribution is -0.142. The van der Waals surface area contributed by atoms with Gasteiger partial charge in [0.05, 0.1) is 11.0 Å². The van der Waals surface area contributed by atoms with Gasteiger partial charge in [0.1, 0.15) is 13.2 Å². The molecule has 0 aliphatic rings. The summed E-state index contributed by atoms with van der Waals surface area (Å²) < 4.78 is 9.88. The molecule has 0 bridgehead atoms. The second kappa shape index (κ2) is 5.63. The first kappa shape index (κ1) is 13.1. The van der Waals surface area contributed by atoms with Crippen molar-refractivity contribution in [2.24, 2.45) is 0 Å². The van der Waals surface area contributed by atoms with Gasteiger partial charge in [-0.2, -0.15) is 4.98 Å². The summed E-state index contributed by atoms with van der Waals surface area (Å²) in [5.74, 6) is -0.454. The third-order valence-electron chi connectivity index (χ3n) is 2.65. The summed E-state index contributed by atoms with van der Waals surface area (Å²) >= 11 is 0. The summed E-state index contributed by atoms with van der Waals surface area (Å²) in [4.78, 5) is 22.9. The number of hydrogen-bond donors (Lipinski definition) is 1. The summed E-state index contributed by atoms with van der Waals surface area (Å²) in [5, 5.41) is 12.3. The number of aromatic nitrogens is 4. The molecule has 0 atom stereocenters. The highest BCUT2D eigenvalue weighted by atomic mass is 16.5. The number of benzene rings is 1. The van der Waals surface area contributed by atoms with Gasteiger partial charge in [-0.05, 0) is 18.2 Å². The number of carbonyl (C=O) groups is 1. The van der Waals surface area contributed by atoms with Gasteiger partial charge in [-0.25, -0.2) is 4.79 Å². The Bertz CT molecular complexity index is 786. The van der Waals surface area contributed by atoms with E-state index in [4.69, 9.17) is 14.4 Å². The Kier molecular flexibility index (Phi) is 3.52. The molecule has 2 aromatic heterocycles. The average Bonchev–Trinajstić information content (AvgIpc) is 2.95. The highest BCUT2D eigenvalue weighted by molar-refractivity contribution is 5.79. The standard InChI is InChI=1S/C13H10N4O4/c18-12(19)7-20-6-11-16-13(17-21-11)8-1-2-9-10(5-8)15-4-3-14-9/h1-5H,6-7H2,(H,18,19). The number of fused-ring (bicyclic) bond motifs is 1. The Morgan fingerprint density at radius 3 is 2.86 bits per heavy atom. The van der Waals surface area contributed by atoms with Crippen LogP contribution in [-0.4, -0.2) is 37.8 Å². The Morgan fingerprint density at radius 1 is 1.24 bits per heavy atom. The quantitative estimate of drug-likeness (QED) is 0.746. The average molecular weight is 286 g/mol. The third-order valence-corrected chi connectivity index (χ3v) is 2.65. The number of aliphatic carboxylic acids is 1. The molecule has 0 spiro atoms. The van der Waals surface area contributed by atoms with Crippen molar-refractivity contribution in [2.75, 3.05) is 6.61 Å². The monoisotopic (exact) mass is 286 g/mol. The highest BCUT2D eigenvalue weighted by Gasteiger charge is 2.10. The molecule has 8 nitrogen and oxygen atoms in total. The number of carboxylic acids is 1. The molecule has 0 amide bonds. The molecule has 21 heavy (non-hydrogen) atoms. The van der Waals surface area contributed by atoms with Gasteiger partial charge in [-0.15, -0.1) is 0 Å². The fourth-order valence-electron chi connectivity index (χ4n) is 1.76. The smallest absolute Gasteiger partial charge is 0.329 e. The summed E-state index contributed by atoms with van der Waals surface area (Å²) in [6.45, 7) is -0.462. The first-order valence-corrected chi connectivity index (χ1v) is 6.05. The molecule has 0 saturated heterocycles. The largest absolute Gasteiger partial charge is 0.480 e. The lowest BCUT2D eigenvalue weighted by atomic mass is 10.2. The summed E-state index contributed by atoms with van der Waals surface area (Å²) in [6, 6.07) is 5.42. The molecule has 3 rings (SSSR count). The molecule has 0 saturated carbocycles. The van der Waals surface area contributed by atoms with Crippen LogP contribution in [0.4, 0.5) is 0 Å². The van der Waals surface area contributed by atoms with Crippen LogP contribution in [0.3, 0.4) is 0 Å². The van der Waals surface area contributed by atoms with Gasteiger partial charge < -0.3 is 14.4 Å². The highest BCUT2D eigenvalue weighted by Crippen LogP contribution is 2.20. The molecule has 106 valence electrons. The first-order chi connectivity index (χ1) is 10.2. The fraction of sp³-hybridized carbons (Fsp3) is 0.154. The number of rotatable bonds is 5. The minimum atomic E-state index is -1.05. The van der Waals surface area contributed by atoms with Crippen LogP contribution < -0.4 is 0 Å². The third kappa shape index (κ3) is 3.00. The van der Waals surface area contributed by atoms with E-state index in [0.29, 0.717) is 5.82 Å². The first-order valence-electron chi connectivity index (χ1n) is 6.05. The van der Waals surface area contributed by atoms with Gasteiger partial charge in [0.2, 0.25) is 5.82 Å². The molecule has 0 fully saturated rings. The van der Waals surface area contributed by atoms with Crippen molar-refractivity contribution in [1.82, 2.24) is 20.1 Å². The molecule has 3 aromatic rings. The fourth-order valence-corrected chi connectivity index (χ4v) is 1.76. The van der Waals surface area contributed by atoms with E-state index in [1.165, 1.54) is 0 Å². The minimum Gasteiger partial charge on any atom is -0.480 e. The zero-order valence-electron chi connectivity index (χ0n) is 10.8. The van der Waals surface area contributed by atoms with Crippen LogP contribution in [0.2, 0.25) is 0 Å². The van der Waals surface area contributed by atoms with Crippen LogP contribution in [0.15, 0.2) is 35.1 Å². The van der Waals surface area contributed by atoms with E-state index < -0.39 is 12.6 Å². The molecule has 0 aliphatic heterocycles. The number of ether oxygens (including phenoxy) is 1. The molecule has 2 heterocycles. The van der Waals surface area contributed by atoms with E-state index in [1.54, 1.807) is 18.5 Å². The van der Waals surface area contributed by atoms with Crippen molar-refractivity contribution in [1.29, 1.82) is 0 Å². The summed E-state index contributed by atoms with van der Waals surface area (Å²) in [7, 11) is 0. The van der Waals surface area contributed by atoms with Gasteiger partial charge in [0.15, 0.2) is 0 Å². The second-order valence-corrected chi connectivity index (χ2v) is 4.16. The minimum absolute atomic E-state index is 0.0489. The Hall–Kier alpha value is -2.87. The van der Waals surface area contributed by atoms with Gasteiger partial charge in [0.25, 0.3) is 5.89 Å². The molecular weight excluding hydrogens is 276 g/mol. The van der Waals surface area contributed by atoms with Crippen molar-refractivity contribution < 1.29 is 19.2 Å². The molecule has 0 radical (unpaired) electrons. The van der Waals surface area contributed by atoms with Crippen LogP contribution in [-0.2, 0) is 16.1 Å². The van der Waals surface area contributed by atoms with Crippen molar-refractivity contribution >= 4 is 17.0 Å². The molecule has 0 unspecified atom stereocenters. The molecule has 1 N–H and O–H groups in total. The summed E-state index contributed by atoms with van der Waals surface area (Å²) in [5.41, 5.74) is 2.23. The van der Waals surface area contributed by atoms with Gasteiger partial charge in [-0.3, -0.25) is 9.97 Å². The molecule has 8 heteroatoms. The predicted molar refractivity (Wildman–Crippen MR) is 70.1 cm³/mol. The van der Waals surface area contributed by atoms with E-state index in [2.05, 4.69) is 20.1 Å². The molecule has 1 aromatic carbocycles. The Morgan fingerprint density at radius 2 is 2.05 bits per heavy atom. The lowest BCUT2D eigenvalue weighted by Crippen LogP contribution is -2.06. The molecular formula is C13H10N4O4. The zero-order valence-corrected chi connectivity index (χ0v) is 10.8. The van der Waals surface area contributed by atoms with Crippen molar-refractivity contribution in [2.45, 2.75) is 6.61 Å². The van der Waals surface area contributed by atoms with E-state index in [0.717, 1.165) is 16.6 Å². The SMILES string of the molecule is O=C(O)COCc1nc(-c2ccc3nccnc3c2)no1. The van der Waals surface area contributed by atoms with Gasteiger partial charge in [0, 0.05) is 18.0 Å². The molecule has 0 aliphatic carbocycles. The lowest BCUT2D eigenvalue weighted by Gasteiger charge is -1.97. The van der Waals surface area contributed by atoms with Crippen molar-refractivity contribution in [3.05, 3.63) is 36.5 Å². The number of hydrogen-bond acceptors (Lipinski definition) is 7. The van der Waals surface area contributed by atoms with Crippen molar-refractivity contribution in [3.8, 4) is 11.4 Å². The Balaban J connectivity index is 1.79. The van der Waals surface area contributed by atoms with E-state index in [9.17, 15) is 4.79 Å². The number of carboxylic acid groups (broad SMARTS) is 1. The maximum Gasteiger partial charge on any atom is 0.329 e. The van der Waals surface area contributed by atoms with E-state index >= 15 is 0 Å². The van der Waals surface area contributed by atoms with Crippen molar-refractivity contribution in [3.63, 3.8) is 0 Å². The van der Waals surface area contributed by atoms with Crippen LogP contribution in [0.5, 0.6) is 0 Å². The van der Waals surface area contributed by atoms with Crippen LogP contribution in [0.1, 0.15) is 5.89 Å². The van der Waals surface area contributed by atoms with Crippen LogP contribution in [0, 0.1) is 0 Å². The zero-order chi connectivity index (χ0) is 14.7. The second-order valence-electron chi connectivity index (χ2n) is 4.16. The topological polar surface area (TPSA) is 111 Å². The maximum absolute atomic E-state index is 10.3. The van der Waals surface area contributed by atoms with E-state index in [-0.39, 0.29) is 12.5 Å². The number of nitrogens with zero attached hydrogens (tertiary/aromatic N) is 4. The Labute approximate surface area is 118 Å². The van der Waals surface area contributed by atoms with E-state index in [1.807, 2.05) is 12.1 Å². The van der Waals surface area contributed by atoms with Gasteiger partial charge >= 0.3 is 5.97 Å². The van der Waals surface area contributed by atoms with Crippen LogP contribution >= 0.6 is 0 Å². The van der Waals surface area contributed by atoms with Gasteiger partial charge in [-0.1, -0.05) is 5.16 Å². The normalized spacial score (nSPS) is 10.9.